The molecule has 0 saturated heterocycles. The molecular weight excluding hydrogens is 250 g/mol. The van der Waals surface area contributed by atoms with Crippen molar-refractivity contribution < 1.29 is 9.47 Å². The van der Waals surface area contributed by atoms with Crippen molar-refractivity contribution in [3.05, 3.63) is 29.3 Å². The number of methoxy groups -OCH3 is 1. The van der Waals surface area contributed by atoms with Crippen molar-refractivity contribution in [1.82, 2.24) is 5.32 Å². The second kappa shape index (κ2) is 8.98. The molecule has 1 aromatic carbocycles. The molecule has 0 heterocycles. The van der Waals surface area contributed by atoms with Crippen LogP contribution in [0.15, 0.2) is 18.2 Å². The van der Waals surface area contributed by atoms with Crippen LogP contribution in [0.25, 0.3) is 0 Å². The van der Waals surface area contributed by atoms with Gasteiger partial charge in [0, 0.05) is 20.3 Å². The van der Waals surface area contributed by atoms with Crippen molar-refractivity contribution in [2.24, 2.45) is 0 Å². The number of nitrogens with one attached hydrogen (secondary N) is 1. The first-order valence-corrected chi connectivity index (χ1v) is 7.51. The molecule has 1 rings (SSSR count). The fourth-order valence-electron chi connectivity index (χ4n) is 2.29. The molecule has 1 unspecified atom stereocenters. The molecule has 0 aliphatic heterocycles. The van der Waals surface area contributed by atoms with E-state index in [0.29, 0.717) is 5.92 Å². The van der Waals surface area contributed by atoms with E-state index >= 15 is 0 Å². The molecule has 0 amide bonds. The Balaban J connectivity index is 2.38. The molecule has 0 aromatic heterocycles. The summed E-state index contributed by atoms with van der Waals surface area (Å²) in [5.74, 6) is 1.52. The first kappa shape index (κ1) is 17.0. The maximum absolute atomic E-state index is 5.94. The number of rotatable bonds is 9. The molecule has 0 saturated carbocycles. The largest absolute Gasteiger partial charge is 0.489 e. The SMILES string of the molecule is COCCCNCC(C)Oc1ccc(C(C)C)c(C)c1. The zero-order valence-corrected chi connectivity index (χ0v) is 13.5. The van der Waals surface area contributed by atoms with E-state index in [1.54, 1.807) is 7.11 Å². The Morgan fingerprint density at radius 1 is 1.20 bits per heavy atom. The molecule has 0 fully saturated rings. The molecule has 1 aromatic rings. The lowest BCUT2D eigenvalue weighted by molar-refractivity contribution is 0.188. The van der Waals surface area contributed by atoms with E-state index in [1.807, 2.05) is 0 Å². The van der Waals surface area contributed by atoms with Gasteiger partial charge in [-0.05, 0) is 56.0 Å². The Morgan fingerprint density at radius 2 is 1.95 bits per heavy atom. The smallest absolute Gasteiger partial charge is 0.120 e. The third-order valence-corrected chi connectivity index (χ3v) is 3.33. The van der Waals surface area contributed by atoms with Crippen molar-refractivity contribution in [3.63, 3.8) is 0 Å². The molecule has 0 aliphatic carbocycles. The van der Waals surface area contributed by atoms with E-state index < -0.39 is 0 Å². The molecule has 20 heavy (non-hydrogen) atoms. The highest BCUT2D eigenvalue weighted by Gasteiger charge is 2.07. The fourth-order valence-corrected chi connectivity index (χ4v) is 2.29. The first-order valence-electron chi connectivity index (χ1n) is 7.51. The Labute approximate surface area is 123 Å². The number of benzene rings is 1. The van der Waals surface area contributed by atoms with Gasteiger partial charge in [0.25, 0.3) is 0 Å². The van der Waals surface area contributed by atoms with E-state index in [9.17, 15) is 0 Å². The van der Waals surface area contributed by atoms with Gasteiger partial charge >= 0.3 is 0 Å². The molecule has 0 spiro atoms. The third kappa shape index (κ3) is 5.93. The van der Waals surface area contributed by atoms with Crippen molar-refractivity contribution in [2.75, 3.05) is 26.8 Å². The summed E-state index contributed by atoms with van der Waals surface area (Å²) in [4.78, 5) is 0. The van der Waals surface area contributed by atoms with Crippen LogP contribution in [0.5, 0.6) is 5.75 Å². The molecule has 0 aliphatic rings. The minimum atomic E-state index is 0.168. The Hall–Kier alpha value is -1.06. The zero-order chi connectivity index (χ0) is 15.0. The summed E-state index contributed by atoms with van der Waals surface area (Å²) < 4.78 is 11.0. The summed E-state index contributed by atoms with van der Waals surface area (Å²) in [7, 11) is 1.73. The summed E-state index contributed by atoms with van der Waals surface area (Å²) in [5.41, 5.74) is 2.69. The monoisotopic (exact) mass is 279 g/mol. The maximum atomic E-state index is 5.94. The highest BCUT2D eigenvalue weighted by atomic mass is 16.5. The van der Waals surface area contributed by atoms with E-state index in [4.69, 9.17) is 9.47 Å². The highest BCUT2D eigenvalue weighted by Crippen LogP contribution is 2.23. The van der Waals surface area contributed by atoms with Crippen LogP contribution in [0, 0.1) is 6.92 Å². The zero-order valence-electron chi connectivity index (χ0n) is 13.5. The molecule has 1 N–H and O–H groups in total. The predicted molar refractivity (Wildman–Crippen MR) is 84.7 cm³/mol. The quantitative estimate of drug-likeness (QED) is 0.702. The molecule has 3 heteroatoms. The van der Waals surface area contributed by atoms with Crippen molar-refractivity contribution in [3.8, 4) is 5.75 Å². The minimum Gasteiger partial charge on any atom is -0.489 e. The maximum Gasteiger partial charge on any atom is 0.120 e. The van der Waals surface area contributed by atoms with E-state index in [0.717, 1.165) is 31.9 Å². The Bertz CT molecular complexity index is 391. The van der Waals surface area contributed by atoms with E-state index in [1.165, 1.54) is 11.1 Å². The first-order chi connectivity index (χ1) is 9.54. The van der Waals surface area contributed by atoms with Gasteiger partial charge in [0.15, 0.2) is 0 Å². The molecule has 0 radical (unpaired) electrons. The molecule has 1 atom stereocenters. The normalized spacial score (nSPS) is 12.7. The fraction of sp³-hybridized carbons (Fsp3) is 0.647. The van der Waals surface area contributed by atoms with Crippen LogP contribution in [0.4, 0.5) is 0 Å². The van der Waals surface area contributed by atoms with Gasteiger partial charge < -0.3 is 14.8 Å². The summed E-state index contributed by atoms with van der Waals surface area (Å²) in [6, 6.07) is 6.38. The highest BCUT2D eigenvalue weighted by molar-refractivity contribution is 5.36. The number of aryl methyl sites for hydroxylation is 1. The van der Waals surface area contributed by atoms with Gasteiger partial charge in [-0.25, -0.2) is 0 Å². The lowest BCUT2D eigenvalue weighted by atomic mass is 9.98. The van der Waals surface area contributed by atoms with Crippen LogP contribution in [-0.4, -0.2) is 32.9 Å². The van der Waals surface area contributed by atoms with Crippen LogP contribution in [0.3, 0.4) is 0 Å². The topological polar surface area (TPSA) is 30.5 Å². The lowest BCUT2D eigenvalue weighted by Gasteiger charge is -2.17. The van der Waals surface area contributed by atoms with Gasteiger partial charge in [0.05, 0.1) is 0 Å². The average molecular weight is 279 g/mol. The van der Waals surface area contributed by atoms with Gasteiger partial charge in [0.2, 0.25) is 0 Å². The standard InChI is InChI=1S/C17H29NO2/c1-13(2)17-8-7-16(11-14(17)3)20-15(4)12-18-9-6-10-19-5/h7-8,11,13,15,18H,6,9-10,12H2,1-5H3. The molecule has 0 bridgehead atoms. The van der Waals surface area contributed by atoms with Crippen LogP contribution in [0.2, 0.25) is 0 Å². The minimum absolute atomic E-state index is 0.168. The average Bonchev–Trinajstić information content (AvgIpc) is 2.38. The second-order valence-electron chi connectivity index (χ2n) is 5.65. The van der Waals surface area contributed by atoms with Crippen LogP contribution >= 0.6 is 0 Å². The van der Waals surface area contributed by atoms with Crippen LogP contribution in [-0.2, 0) is 4.74 Å². The predicted octanol–water partition coefficient (Wildman–Crippen LogP) is 3.51. The lowest BCUT2D eigenvalue weighted by Crippen LogP contribution is -2.30. The van der Waals surface area contributed by atoms with Crippen LogP contribution in [0.1, 0.15) is 44.2 Å². The number of hydrogen-bond acceptors (Lipinski definition) is 3. The third-order valence-electron chi connectivity index (χ3n) is 3.33. The molecule has 114 valence electrons. The van der Waals surface area contributed by atoms with E-state index in [2.05, 4.69) is 51.2 Å². The van der Waals surface area contributed by atoms with Crippen molar-refractivity contribution in [1.29, 1.82) is 0 Å². The van der Waals surface area contributed by atoms with E-state index in [-0.39, 0.29) is 6.10 Å². The molecule has 3 nitrogen and oxygen atoms in total. The summed E-state index contributed by atoms with van der Waals surface area (Å²) >= 11 is 0. The van der Waals surface area contributed by atoms with Gasteiger partial charge in [0.1, 0.15) is 11.9 Å². The van der Waals surface area contributed by atoms with Crippen molar-refractivity contribution >= 4 is 0 Å². The van der Waals surface area contributed by atoms with Gasteiger partial charge in [-0.1, -0.05) is 19.9 Å². The van der Waals surface area contributed by atoms with Crippen molar-refractivity contribution in [2.45, 2.75) is 46.1 Å². The summed E-state index contributed by atoms with van der Waals surface area (Å²) in [6.45, 7) is 11.3. The number of hydrogen-bond donors (Lipinski definition) is 1. The van der Waals surface area contributed by atoms with Gasteiger partial charge in [-0.3, -0.25) is 0 Å². The Morgan fingerprint density at radius 3 is 2.55 bits per heavy atom. The second-order valence-corrected chi connectivity index (χ2v) is 5.65. The Kier molecular flexibility index (Phi) is 7.63. The van der Waals surface area contributed by atoms with Gasteiger partial charge in [-0.15, -0.1) is 0 Å². The number of ether oxygens (including phenoxy) is 2. The molecular formula is C17H29NO2. The summed E-state index contributed by atoms with van der Waals surface area (Å²) in [5, 5.41) is 3.38. The van der Waals surface area contributed by atoms with Gasteiger partial charge in [-0.2, -0.15) is 0 Å². The summed E-state index contributed by atoms with van der Waals surface area (Å²) in [6.07, 6.45) is 1.20. The van der Waals surface area contributed by atoms with Crippen LogP contribution < -0.4 is 10.1 Å².